The molecule has 0 aromatic carbocycles. The molecule has 1 rings (SSSR count). The van der Waals surface area contributed by atoms with Gasteiger partial charge in [0.15, 0.2) is 5.16 Å². The second kappa shape index (κ2) is 10.8. The van der Waals surface area contributed by atoms with Crippen LogP contribution in [-0.2, 0) is 29.7 Å². The summed E-state index contributed by atoms with van der Waals surface area (Å²) in [5.74, 6) is 0. The largest absolute Gasteiger partial charge is 0.443 e. The summed E-state index contributed by atoms with van der Waals surface area (Å²) in [4.78, 5) is 27.6. The Balaban J connectivity index is 2.69. The van der Waals surface area contributed by atoms with Gasteiger partial charge in [-0.15, -0.1) is 0 Å². The Labute approximate surface area is 146 Å². The Morgan fingerprint density at radius 1 is 1.08 bits per heavy atom. The number of carbonyl (C=O) groups excluding carboxylic acids is 2. The van der Waals surface area contributed by atoms with Crippen LogP contribution >= 0.6 is 11.8 Å². The van der Waals surface area contributed by atoms with E-state index in [4.69, 9.17) is 9.47 Å². The van der Waals surface area contributed by atoms with Crippen LogP contribution in [-0.4, -0.2) is 41.1 Å². The quantitative estimate of drug-likeness (QED) is 0.658. The number of carbonyl (C=O) groups is 2. The van der Waals surface area contributed by atoms with Crippen LogP contribution in [0.5, 0.6) is 0 Å². The summed E-state index contributed by atoms with van der Waals surface area (Å²) in [6.45, 7) is 5.14. The highest BCUT2D eigenvalue weighted by Gasteiger charge is 2.17. The lowest BCUT2D eigenvalue weighted by Crippen LogP contribution is -2.26. The molecule has 2 N–H and O–H groups in total. The number of ether oxygens (including phenoxy) is 2. The molecule has 24 heavy (non-hydrogen) atoms. The van der Waals surface area contributed by atoms with E-state index in [2.05, 4.69) is 15.6 Å². The Bertz CT molecular complexity index is 548. The van der Waals surface area contributed by atoms with Gasteiger partial charge in [-0.25, -0.2) is 14.6 Å². The Hall–Kier alpha value is -1.90. The fourth-order valence-corrected chi connectivity index (χ4v) is 2.45. The third-order valence-electron chi connectivity index (χ3n) is 3.16. The lowest BCUT2D eigenvalue weighted by atomic mass is 10.3. The maximum atomic E-state index is 11.6. The van der Waals surface area contributed by atoms with E-state index in [0.29, 0.717) is 24.5 Å². The first kappa shape index (κ1) is 20.1. The molecule has 1 aromatic rings. The van der Waals surface area contributed by atoms with Crippen molar-refractivity contribution in [1.82, 2.24) is 20.2 Å². The average Bonchev–Trinajstić information content (AvgIpc) is 2.89. The number of hydrogen-bond donors (Lipinski definition) is 2. The number of alkyl carbamates (subject to hydrolysis) is 2. The average molecular weight is 358 g/mol. The lowest BCUT2D eigenvalue weighted by molar-refractivity contribution is 0.129. The summed E-state index contributed by atoms with van der Waals surface area (Å²) in [6.07, 6.45) is 2.61. The maximum Gasteiger partial charge on any atom is 0.407 e. The minimum atomic E-state index is -0.485. The minimum Gasteiger partial charge on any atom is -0.443 e. The van der Waals surface area contributed by atoms with Crippen molar-refractivity contribution >= 4 is 23.9 Å². The Morgan fingerprint density at radius 2 is 1.62 bits per heavy atom. The number of nitrogens with one attached hydrogen (secondary N) is 2. The van der Waals surface area contributed by atoms with Gasteiger partial charge in [-0.2, -0.15) is 0 Å². The predicted molar refractivity (Wildman–Crippen MR) is 91.9 cm³/mol. The smallest absolute Gasteiger partial charge is 0.407 e. The van der Waals surface area contributed by atoms with E-state index >= 15 is 0 Å². The molecule has 9 heteroatoms. The summed E-state index contributed by atoms with van der Waals surface area (Å²) in [5, 5.41) is 6.04. The van der Waals surface area contributed by atoms with Crippen LogP contribution in [0.15, 0.2) is 5.16 Å². The molecule has 0 saturated heterocycles. The molecule has 0 aliphatic carbocycles. The SMILES string of the molecule is CCCNC(=O)OCc1nc(SC)n(C)c1COC(=O)NCCC. The first-order valence-corrected chi connectivity index (χ1v) is 9.15. The van der Waals surface area contributed by atoms with Gasteiger partial charge in [0.25, 0.3) is 0 Å². The highest BCUT2D eigenvalue weighted by atomic mass is 32.2. The Morgan fingerprint density at radius 3 is 2.12 bits per heavy atom. The van der Waals surface area contributed by atoms with E-state index in [0.717, 1.165) is 18.0 Å². The van der Waals surface area contributed by atoms with Crippen molar-refractivity contribution in [3.8, 4) is 0 Å². The Kier molecular flexibility index (Phi) is 9.06. The molecular formula is C15H26N4O4S. The molecule has 0 fully saturated rings. The summed E-state index contributed by atoms with van der Waals surface area (Å²) >= 11 is 1.47. The van der Waals surface area contributed by atoms with Crippen molar-refractivity contribution < 1.29 is 19.1 Å². The van der Waals surface area contributed by atoms with E-state index < -0.39 is 12.2 Å². The zero-order valence-corrected chi connectivity index (χ0v) is 15.5. The molecule has 2 amide bonds. The van der Waals surface area contributed by atoms with Crippen molar-refractivity contribution in [1.29, 1.82) is 0 Å². The van der Waals surface area contributed by atoms with Crippen molar-refractivity contribution in [3.63, 3.8) is 0 Å². The molecule has 0 bridgehead atoms. The number of thioether (sulfide) groups is 1. The van der Waals surface area contributed by atoms with Gasteiger partial charge in [0.05, 0.1) is 5.69 Å². The van der Waals surface area contributed by atoms with Crippen LogP contribution in [0, 0.1) is 0 Å². The standard InChI is InChI=1S/C15H26N4O4S/c1-5-7-16-14(20)22-9-11-12(19(3)13(18-11)24-4)10-23-15(21)17-8-6-2/h5-10H2,1-4H3,(H,16,20)(H,17,21). The monoisotopic (exact) mass is 358 g/mol. The number of imidazole rings is 1. The van der Waals surface area contributed by atoms with Crippen LogP contribution in [0.4, 0.5) is 9.59 Å². The normalized spacial score (nSPS) is 10.3. The van der Waals surface area contributed by atoms with E-state index in [1.807, 2.05) is 31.7 Å². The zero-order chi connectivity index (χ0) is 17.9. The third-order valence-corrected chi connectivity index (χ3v) is 3.89. The molecule has 0 radical (unpaired) electrons. The first-order valence-electron chi connectivity index (χ1n) is 7.93. The van der Waals surface area contributed by atoms with Gasteiger partial charge in [-0.3, -0.25) is 0 Å². The van der Waals surface area contributed by atoms with Gasteiger partial charge in [-0.05, 0) is 19.1 Å². The zero-order valence-electron chi connectivity index (χ0n) is 14.7. The fraction of sp³-hybridized carbons (Fsp3) is 0.667. The molecule has 0 aliphatic heterocycles. The topological polar surface area (TPSA) is 94.5 Å². The van der Waals surface area contributed by atoms with Gasteiger partial charge in [0, 0.05) is 20.1 Å². The van der Waals surface area contributed by atoms with Crippen LogP contribution in [0.2, 0.25) is 0 Å². The van der Waals surface area contributed by atoms with Crippen molar-refractivity contribution in [3.05, 3.63) is 11.4 Å². The molecule has 0 atom stereocenters. The van der Waals surface area contributed by atoms with Crippen molar-refractivity contribution in [2.24, 2.45) is 7.05 Å². The second-order valence-corrected chi connectivity index (χ2v) is 5.83. The van der Waals surface area contributed by atoms with Crippen molar-refractivity contribution in [2.45, 2.75) is 45.1 Å². The van der Waals surface area contributed by atoms with Gasteiger partial charge in [-0.1, -0.05) is 25.6 Å². The molecule has 1 heterocycles. The summed E-state index contributed by atoms with van der Waals surface area (Å²) in [7, 11) is 1.84. The van der Waals surface area contributed by atoms with Crippen LogP contribution in [0.3, 0.4) is 0 Å². The number of nitrogens with zero attached hydrogens (tertiary/aromatic N) is 2. The van der Waals surface area contributed by atoms with Gasteiger partial charge in [0.1, 0.15) is 18.9 Å². The molecule has 136 valence electrons. The third kappa shape index (κ3) is 6.31. The molecule has 0 saturated carbocycles. The highest BCUT2D eigenvalue weighted by molar-refractivity contribution is 7.98. The number of amides is 2. The molecular weight excluding hydrogens is 332 g/mol. The molecule has 0 aliphatic rings. The molecule has 0 unspecified atom stereocenters. The maximum absolute atomic E-state index is 11.6. The lowest BCUT2D eigenvalue weighted by Gasteiger charge is -2.09. The van der Waals surface area contributed by atoms with E-state index in [9.17, 15) is 9.59 Å². The van der Waals surface area contributed by atoms with Gasteiger partial charge < -0.3 is 24.7 Å². The van der Waals surface area contributed by atoms with E-state index in [1.54, 1.807) is 0 Å². The van der Waals surface area contributed by atoms with Gasteiger partial charge >= 0.3 is 12.2 Å². The van der Waals surface area contributed by atoms with Crippen LogP contribution < -0.4 is 10.6 Å². The van der Waals surface area contributed by atoms with Crippen molar-refractivity contribution in [2.75, 3.05) is 19.3 Å². The van der Waals surface area contributed by atoms with Crippen LogP contribution in [0.1, 0.15) is 38.1 Å². The molecule has 8 nitrogen and oxygen atoms in total. The first-order chi connectivity index (χ1) is 11.5. The van der Waals surface area contributed by atoms with Crippen LogP contribution in [0.25, 0.3) is 0 Å². The second-order valence-electron chi connectivity index (χ2n) is 5.06. The highest BCUT2D eigenvalue weighted by Crippen LogP contribution is 2.20. The predicted octanol–water partition coefficient (Wildman–Crippen LogP) is 2.41. The molecule has 0 spiro atoms. The molecule has 1 aromatic heterocycles. The fourth-order valence-electron chi connectivity index (χ4n) is 1.87. The number of rotatable bonds is 9. The van der Waals surface area contributed by atoms with Gasteiger partial charge in [0.2, 0.25) is 0 Å². The number of aromatic nitrogens is 2. The summed E-state index contributed by atoms with van der Waals surface area (Å²) in [6, 6.07) is 0. The minimum absolute atomic E-state index is 0.0270. The van der Waals surface area contributed by atoms with E-state index in [1.165, 1.54) is 11.8 Å². The van der Waals surface area contributed by atoms with E-state index in [-0.39, 0.29) is 13.2 Å². The number of hydrogen-bond acceptors (Lipinski definition) is 6. The summed E-state index contributed by atoms with van der Waals surface area (Å²) in [5.41, 5.74) is 1.28. The summed E-state index contributed by atoms with van der Waals surface area (Å²) < 4.78 is 12.2.